The van der Waals surface area contributed by atoms with Crippen LogP contribution in [0.5, 0.6) is 5.75 Å². The minimum atomic E-state index is -1.09. The monoisotopic (exact) mass is 638 g/mol. The summed E-state index contributed by atoms with van der Waals surface area (Å²) in [6, 6.07) is 2.83. The second-order valence-corrected chi connectivity index (χ2v) is 15.7. The summed E-state index contributed by atoms with van der Waals surface area (Å²) in [5.41, 5.74) is 5.74. The Morgan fingerprint density at radius 3 is 2.15 bits per heavy atom. The zero-order valence-electron chi connectivity index (χ0n) is 28.3. The first-order chi connectivity index (χ1) is 21.5. The predicted octanol–water partition coefficient (Wildman–Crippen LogP) is 2.59. The van der Waals surface area contributed by atoms with E-state index in [0.717, 1.165) is 30.4 Å². The second kappa shape index (κ2) is 12.0. The highest BCUT2D eigenvalue weighted by atomic mass is 16.5. The summed E-state index contributed by atoms with van der Waals surface area (Å²) >= 11 is 0. The Kier molecular flexibility index (Phi) is 8.81. The number of carbonyl (C=O) groups excluding carboxylic acids is 5. The van der Waals surface area contributed by atoms with Crippen molar-refractivity contribution in [2.75, 3.05) is 26.4 Å². The van der Waals surface area contributed by atoms with E-state index in [-0.39, 0.29) is 34.7 Å². The van der Waals surface area contributed by atoms with Crippen molar-refractivity contribution in [3.05, 3.63) is 29.3 Å². The zero-order valence-corrected chi connectivity index (χ0v) is 28.3. The van der Waals surface area contributed by atoms with Crippen LogP contribution in [0.25, 0.3) is 0 Å². The van der Waals surface area contributed by atoms with Crippen molar-refractivity contribution in [1.82, 2.24) is 15.5 Å². The molecule has 5 rings (SSSR count). The van der Waals surface area contributed by atoms with Gasteiger partial charge in [-0.25, -0.2) is 0 Å². The Labute approximate surface area is 271 Å². The molecule has 2 saturated heterocycles. The Morgan fingerprint density at radius 1 is 1.04 bits per heavy atom. The average molecular weight is 639 g/mol. The summed E-state index contributed by atoms with van der Waals surface area (Å²) in [6.45, 7) is 14.9. The van der Waals surface area contributed by atoms with Crippen molar-refractivity contribution in [3.8, 4) is 5.75 Å². The number of ether oxygens (including phenoxy) is 2. The van der Waals surface area contributed by atoms with Crippen LogP contribution in [0.4, 0.5) is 0 Å². The molecule has 0 aromatic heterocycles. The van der Waals surface area contributed by atoms with Crippen molar-refractivity contribution in [2.24, 2.45) is 33.3 Å². The lowest BCUT2D eigenvalue weighted by Gasteiger charge is -2.36. The lowest BCUT2D eigenvalue weighted by Crippen LogP contribution is -2.59. The summed E-state index contributed by atoms with van der Waals surface area (Å²) in [5.74, 6) is -2.38. The highest BCUT2D eigenvalue weighted by Gasteiger charge is 2.86. The third-order valence-electron chi connectivity index (χ3n) is 11.7. The number of nitrogens with two attached hydrogens (primary N) is 1. The fourth-order valence-electron chi connectivity index (χ4n) is 8.29. The van der Waals surface area contributed by atoms with Gasteiger partial charge in [0.05, 0.1) is 19.3 Å². The molecule has 1 aromatic rings. The van der Waals surface area contributed by atoms with Crippen LogP contribution in [0.15, 0.2) is 18.2 Å². The molecule has 0 radical (unpaired) electrons. The molecule has 2 spiro atoms. The van der Waals surface area contributed by atoms with Gasteiger partial charge < -0.3 is 30.7 Å². The first kappa shape index (κ1) is 33.9. The molecule has 11 heteroatoms. The van der Waals surface area contributed by atoms with Gasteiger partial charge in [-0.05, 0) is 54.6 Å². The number of fused-ring (bicyclic) bond motifs is 1. The van der Waals surface area contributed by atoms with E-state index in [2.05, 4.69) is 24.5 Å². The van der Waals surface area contributed by atoms with E-state index in [1.165, 1.54) is 0 Å². The molecule has 2 aliphatic carbocycles. The molecule has 252 valence electrons. The summed E-state index contributed by atoms with van der Waals surface area (Å²) in [6.07, 6.45) is 3.61. The maximum atomic E-state index is 14.5. The van der Waals surface area contributed by atoms with Gasteiger partial charge in [0.1, 0.15) is 17.8 Å². The molecule has 4 N–H and O–H groups in total. The number of para-hydroxylation sites is 1. The van der Waals surface area contributed by atoms with Gasteiger partial charge in [0.25, 0.3) is 11.8 Å². The first-order valence-electron chi connectivity index (χ1n) is 16.5. The van der Waals surface area contributed by atoms with E-state index < -0.39 is 47.0 Å². The largest absolute Gasteiger partial charge is 0.483 e. The molecular formula is C35H50N4O7. The van der Waals surface area contributed by atoms with Crippen molar-refractivity contribution < 1.29 is 33.4 Å². The van der Waals surface area contributed by atoms with Crippen LogP contribution >= 0.6 is 0 Å². The molecule has 4 amide bonds. The van der Waals surface area contributed by atoms with Crippen molar-refractivity contribution in [3.63, 3.8) is 0 Å². The van der Waals surface area contributed by atoms with Crippen LogP contribution in [0.1, 0.15) is 77.8 Å². The van der Waals surface area contributed by atoms with Crippen molar-refractivity contribution in [1.29, 1.82) is 0 Å². The lowest BCUT2D eigenvalue weighted by molar-refractivity contribution is -0.145. The van der Waals surface area contributed by atoms with E-state index >= 15 is 0 Å². The number of hydrogen-bond acceptors (Lipinski definition) is 7. The van der Waals surface area contributed by atoms with Gasteiger partial charge >= 0.3 is 0 Å². The Bertz CT molecular complexity index is 1400. The quantitative estimate of drug-likeness (QED) is 0.315. The molecule has 1 aromatic carbocycles. The maximum Gasteiger partial charge on any atom is 0.287 e. The van der Waals surface area contributed by atoms with Gasteiger partial charge in [-0.1, -0.05) is 72.1 Å². The number of carbonyl (C=O) groups is 5. The SMILES string of the molecule is Cc1cccc(C)c1OCC(=O)N[C@H](C(=O)N1C[C@]2(C[C@H]1C(=O)NC(CC1CCC1)C(=O)C(N)=O)C(C)(C)C21COC1)C(C)(C)C. The summed E-state index contributed by atoms with van der Waals surface area (Å²) in [7, 11) is 0. The fourth-order valence-corrected chi connectivity index (χ4v) is 8.29. The standard InChI is InChI=1S/C35H50N4O7/c1-20-10-8-11-21(2)27(20)46-16-25(40)38-28(32(3,4)5)31(44)39-17-34(33(6,7)35(34)18-45-19-35)15-24(39)30(43)37-23(26(41)29(36)42)14-22-12-9-13-22/h8,10-11,22-24,28H,9,12-19H2,1-7H3,(H2,36,42)(H,37,43)(H,38,40)/t23?,24-,28+,34+/m0/s1. The zero-order chi connectivity index (χ0) is 33.8. The molecular weight excluding hydrogens is 588 g/mol. The molecule has 4 fully saturated rings. The van der Waals surface area contributed by atoms with Gasteiger partial charge in [0.2, 0.25) is 17.6 Å². The van der Waals surface area contributed by atoms with Crippen LogP contribution in [-0.2, 0) is 28.7 Å². The van der Waals surface area contributed by atoms with Gasteiger partial charge in [-0.3, -0.25) is 24.0 Å². The molecule has 4 aliphatic rings. The number of aryl methyl sites for hydroxylation is 2. The van der Waals surface area contributed by atoms with E-state index in [1.54, 1.807) is 4.90 Å². The molecule has 4 atom stereocenters. The number of likely N-dealkylation sites (tertiary alicyclic amines) is 1. The fraction of sp³-hybridized carbons (Fsp3) is 0.686. The number of Topliss-reactive ketones (excluding diaryl/α,β-unsaturated/α-hetero) is 1. The molecule has 0 bridgehead atoms. The molecule has 11 nitrogen and oxygen atoms in total. The van der Waals surface area contributed by atoms with Crippen molar-refractivity contribution in [2.45, 2.75) is 98.7 Å². The van der Waals surface area contributed by atoms with Gasteiger partial charge in [0, 0.05) is 17.4 Å². The van der Waals surface area contributed by atoms with Crippen LogP contribution in [0.3, 0.4) is 0 Å². The molecule has 2 aliphatic heterocycles. The topological polar surface area (TPSA) is 157 Å². The number of amides is 4. The maximum absolute atomic E-state index is 14.5. The number of ketones is 1. The highest BCUT2D eigenvalue weighted by Crippen LogP contribution is 2.84. The second-order valence-electron chi connectivity index (χ2n) is 15.7. The number of benzene rings is 1. The Morgan fingerprint density at radius 2 is 1.67 bits per heavy atom. The minimum absolute atomic E-state index is 0.165. The summed E-state index contributed by atoms with van der Waals surface area (Å²) < 4.78 is 11.5. The van der Waals surface area contributed by atoms with E-state index in [4.69, 9.17) is 15.2 Å². The molecule has 46 heavy (non-hydrogen) atoms. The third kappa shape index (κ3) is 5.58. The van der Waals surface area contributed by atoms with Gasteiger partial charge in [-0.15, -0.1) is 0 Å². The summed E-state index contributed by atoms with van der Waals surface area (Å²) in [4.78, 5) is 68.2. The van der Waals surface area contributed by atoms with E-state index in [1.807, 2.05) is 52.8 Å². The molecule has 2 heterocycles. The Hall–Kier alpha value is -3.47. The Balaban J connectivity index is 1.39. The third-order valence-corrected chi connectivity index (χ3v) is 11.7. The van der Waals surface area contributed by atoms with E-state index in [0.29, 0.717) is 38.3 Å². The number of nitrogens with zero attached hydrogens (tertiary/aromatic N) is 1. The summed E-state index contributed by atoms with van der Waals surface area (Å²) in [5, 5.41) is 5.73. The minimum Gasteiger partial charge on any atom is -0.483 e. The van der Waals surface area contributed by atoms with Gasteiger partial charge in [0.15, 0.2) is 6.61 Å². The van der Waals surface area contributed by atoms with Crippen LogP contribution < -0.4 is 21.1 Å². The van der Waals surface area contributed by atoms with Crippen molar-refractivity contribution >= 4 is 29.4 Å². The van der Waals surface area contributed by atoms with E-state index in [9.17, 15) is 24.0 Å². The first-order valence-corrected chi connectivity index (χ1v) is 16.5. The number of nitrogens with one attached hydrogen (secondary N) is 2. The molecule has 2 saturated carbocycles. The lowest BCUT2D eigenvalue weighted by atomic mass is 9.80. The molecule has 1 unspecified atom stereocenters. The number of primary amides is 1. The van der Waals surface area contributed by atoms with Gasteiger partial charge in [-0.2, -0.15) is 0 Å². The highest BCUT2D eigenvalue weighted by molar-refractivity contribution is 6.37. The predicted molar refractivity (Wildman–Crippen MR) is 170 cm³/mol. The smallest absolute Gasteiger partial charge is 0.287 e. The number of rotatable bonds is 11. The average Bonchev–Trinajstić information content (AvgIpc) is 3.15. The number of hydrogen-bond donors (Lipinski definition) is 3. The van der Waals surface area contributed by atoms with Crippen LogP contribution in [0.2, 0.25) is 0 Å². The van der Waals surface area contributed by atoms with Crippen LogP contribution in [0, 0.1) is 41.4 Å². The van der Waals surface area contributed by atoms with Crippen LogP contribution in [-0.4, -0.2) is 78.8 Å². The normalized spacial score (nSPS) is 25.6.